The van der Waals surface area contributed by atoms with Gasteiger partial charge in [0.15, 0.2) is 0 Å². The van der Waals surface area contributed by atoms with E-state index in [0.717, 1.165) is 30.2 Å². The van der Waals surface area contributed by atoms with Crippen LogP contribution in [-0.4, -0.2) is 34.1 Å². The molecule has 3 aromatic rings. The first-order valence-electron chi connectivity index (χ1n) is 10.3. The van der Waals surface area contributed by atoms with E-state index in [-0.39, 0.29) is 24.8 Å². The maximum Gasteiger partial charge on any atom is 0.232 e. The monoisotopic (exact) mass is 427 g/mol. The molecule has 0 N–H and O–H groups in total. The van der Waals surface area contributed by atoms with E-state index in [1.165, 1.54) is 12.1 Å². The number of benzene rings is 2. The summed E-state index contributed by atoms with van der Waals surface area (Å²) in [5, 5.41) is 4.04. The third-order valence-corrected chi connectivity index (χ3v) is 5.18. The molecule has 1 aliphatic heterocycles. The SMILES string of the molecule is CCCCOc1ccc(-c2noc(C3CC(=O)N(Cc4cc(F)cc(F)c4)C3)n2)cc1. The van der Waals surface area contributed by atoms with E-state index >= 15 is 0 Å². The third-order valence-electron chi connectivity index (χ3n) is 5.18. The highest BCUT2D eigenvalue weighted by Gasteiger charge is 2.34. The highest BCUT2D eigenvalue weighted by Crippen LogP contribution is 2.30. The van der Waals surface area contributed by atoms with Gasteiger partial charge < -0.3 is 14.2 Å². The molecule has 1 aliphatic rings. The molecule has 1 aromatic heterocycles. The van der Waals surface area contributed by atoms with Crippen LogP contribution in [0.2, 0.25) is 0 Å². The fraction of sp³-hybridized carbons (Fsp3) is 0.348. The van der Waals surface area contributed by atoms with Gasteiger partial charge in [-0.3, -0.25) is 4.79 Å². The van der Waals surface area contributed by atoms with Crippen LogP contribution in [0.15, 0.2) is 47.0 Å². The molecule has 2 heterocycles. The Morgan fingerprint density at radius 1 is 1.16 bits per heavy atom. The first kappa shape index (κ1) is 21.0. The van der Waals surface area contributed by atoms with Crippen molar-refractivity contribution < 1.29 is 22.8 Å². The minimum Gasteiger partial charge on any atom is -0.494 e. The number of nitrogens with zero attached hydrogens (tertiary/aromatic N) is 3. The summed E-state index contributed by atoms with van der Waals surface area (Å²) in [7, 11) is 0. The molecule has 0 aliphatic carbocycles. The zero-order valence-corrected chi connectivity index (χ0v) is 17.2. The Morgan fingerprint density at radius 3 is 2.61 bits per heavy atom. The zero-order chi connectivity index (χ0) is 21.8. The topological polar surface area (TPSA) is 68.5 Å². The maximum atomic E-state index is 13.4. The molecule has 4 rings (SSSR count). The Balaban J connectivity index is 1.40. The van der Waals surface area contributed by atoms with Crippen molar-refractivity contribution in [1.29, 1.82) is 0 Å². The number of ether oxygens (including phenoxy) is 1. The number of hydrogen-bond donors (Lipinski definition) is 0. The van der Waals surface area contributed by atoms with Crippen LogP contribution in [0.4, 0.5) is 8.78 Å². The average molecular weight is 427 g/mol. The lowest BCUT2D eigenvalue weighted by atomic mass is 10.1. The lowest BCUT2D eigenvalue weighted by molar-refractivity contribution is -0.128. The molecule has 6 nitrogen and oxygen atoms in total. The van der Waals surface area contributed by atoms with Crippen LogP contribution < -0.4 is 4.74 Å². The first-order valence-corrected chi connectivity index (χ1v) is 10.3. The number of likely N-dealkylation sites (tertiary alicyclic amines) is 1. The Bertz CT molecular complexity index is 1030. The Labute approximate surface area is 178 Å². The molecule has 8 heteroatoms. The second kappa shape index (κ2) is 9.24. The highest BCUT2D eigenvalue weighted by molar-refractivity contribution is 5.79. The van der Waals surface area contributed by atoms with Gasteiger partial charge in [0.1, 0.15) is 17.4 Å². The summed E-state index contributed by atoms with van der Waals surface area (Å²) in [5.74, 6) is -0.116. The van der Waals surface area contributed by atoms with Crippen molar-refractivity contribution in [3.8, 4) is 17.1 Å². The number of carbonyl (C=O) groups excluding carboxylic acids is 1. The van der Waals surface area contributed by atoms with Crippen LogP contribution in [-0.2, 0) is 11.3 Å². The van der Waals surface area contributed by atoms with Crippen LogP contribution in [0.1, 0.15) is 43.6 Å². The summed E-state index contributed by atoms with van der Waals surface area (Å²) < 4.78 is 37.9. The van der Waals surface area contributed by atoms with Crippen LogP contribution in [0.3, 0.4) is 0 Å². The lowest BCUT2D eigenvalue weighted by Crippen LogP contribution is -2.24. The summed E-state index contributed by atoms with van der Waals surface area (Å²) in [4.78, 5) is 18.4. The molecule has 1 atom stereocenters. The number of unbranched alkanes of at least 4 members (excludes halogenated alkanes) is 1. The van der Waals surface area contributed by atoms with E-state index in [4.69, 9.17) is 9.26 Å². The van der Waals surface area contributed by atoms with E-state index in [1.54, 1.807) is 4.90 Å². The van der Waals surface area contributed by atoms with Crippen LogP contribution >= 0.6 is 0 Å². The van der Waals surface area contributed by atoms with Gasteiger partial charge in [-0.2, -0.15) is 4.98 Å². The quantitative estimate of drug-likeness (QED) is 0.487. The highest BCUT2D eigenvalue weighted by atomic mass is 19.1. The minimum absolute atomic E-state index is 0.122. The van der Waals surface area contributed by atoms with Gasteiger partial charge in [0.25, 0.3) is 0 Å². The van der Waals surface area contributed by atoms with Crippen molar-refractivity contribution >= 4 is 5.91 Å². The molecular weight excluding hydrogens is 404 g/mol. The fourth-order valence-electron chi connectivity index (χ4n) is 3.57. The molecule has 1 fully saturated rings. The number of carbonyl (C=O) groups is 1. The van der Waals surface area contributed by atoms with Crippen LogP contribution in [0, 0.1) is 11.6 Å². The molecule has 0 spiro atoms. The minimum atomic E-state index is -0.665. The third kappa shape index (κ3) is 5.07. The van der Waals surface area contributed by atoms with Crippen molar-refractivity contribution in [3.05, 3.63) is 65.6 Å². The predicted octanol–water partition coefficient (Wildman–Crippen LogP) is 4.71. The zero-order valence-electron chi connectivity index (χ0n) is 17.2. The van der Waals surface area contributed by atoms with Crippen LogP contribution in [0.25, 0.3) is 11.4 Å². The number of hydrogen-bond acceptors (Lipinski definition) is 5. The van der Waals surface area contributed by atoms with E-state index in [0.29, 0.717) is 30.4 Å². The largest absolute Gasteiger partial charge is 0.494 e. The Morgan fingerprint density at radius 2 is 1.90 bits per heavy atom. The summed E-state index contributed by atoms with van der Waals surface area (Å²) in [5.41, 5.74) is 1.19. The van der Waals surface area contributed by atoms with Gasteiger partial charge in [0.05, 0.1) is 12.5 Å². The van der Waals surface area contributed by atoms with Crippen molar-refractivity contribution in [2.24, 2.45) is 0 Å². The number of aromatic nitrogens is 2. The summed E-state index contributed by atoms with van der Waals surface area (Å²) in [6, 6.07) is 10.7. The number of halogens is 2. The molecule has 0 saturated carbocycles. The van der Waals surface area contributed by atoms with Gasteiger partial charge in [-0.25, -0.2) is 8.78 Å². The van der Waals surface area contributed by atoms with Crippen molar-refractivity contribution in [1.82, 2.24) is 15.0 Å². The summed E-state index contributed by atoms with van der Waals surface area (Å²) in [6.45, 7) is 3.27. The molecular formula is C23H23F2N3O3. The van der Waals surface area contributed by atoms with Crippen molar-refractivity contribution in [3.63, 3.8) is 0 Å². The Hall–Kier alpha value is -3.29. The summed E-state index contributed by atoms with van der Waals surface area (Å²) in [6.07, 6.45) is 2.29. The van der Waals surface area contributed by atoms with Gasteiger partial charge >= 0.3 is 0 Å². The number of amides is 1. The molecule has 1 unspecified atom stereocenters. The first-order chi connectivity index (χ1) is 15.0. The smallest absolute Gasteiger partial charge is 0.232 e. The van der Waals surface area contributed by atoms with E-state index in [2.05, 4.69) is 17.1 Å². The van der Waals surface area contributed by atoms with Gasteiger partial charge in [0.2, 0.25) is 17.6 Å². The molecule has 162 valence electrons. The fourth-order valence-corrected chi connectivity index (χ4v) is 3.57. The maximum absolute atomic E-state index is 13.4. The van der Waals surface area contributed by atoms with Gasteiger partial charge in [-0.05, 0) is 48.4 Å². The van der Waals surface area contributed by atoms with E-state index in [9.17, 15) is 13.6 Å². The average Bonchev–Trinajstić information content (AvgIpc) is 3.35. The predicted molar refractivity (Wildman–Crippen MR) is 109 cm³/mol. The molecule has 31 heavy (non-hydrogen) atoms. The van der Waals surface area contributed by atoms with Crippen molar-refractivity contribution in [2.75, 3.05) is 13.2 Å². The molecule has 2 aromatic carbocycles. The Kier molecular flexibility index (Phi) is 6.25. The molecule has 0 radical (unpaired) electrons. The van der Waals surface area contributed by atoms with Crippen LogP contribution in [0.5, 0.6) is 5.75 Å². The van der Waals surface area contributed by atoms with Crippen molar-refractivity contribution in [2.45, 2.75) is 38.6 Å². The molecule has 1 saturated heterocycles. The second-order valence-electron chi connectivity index (χ2n) is 7.64. The van der Waals surface area contributed by atoms with Gasteiger partial charge in [-0.1, -0.05) is 18.5 Å². The second-order valence-corrected chi connectivity index (χ2v) is 7.64. The molecule has 1 amide bonds. The van der Waals surface area contributed by atoms with Gasteiger partial charge in [-0.15, -0.1) is 0 Å². The van der Waals surface area contributed by atoms with E-state index in [1.807, 2.05) is 24.3 Å². The van der Waals surface area contributed by atoms with E-state index < -0.39 is 11.6 Å². The normalized spacial score (nSPS) is 16.2. The summed E-state index contributed by atoms with van der Waals surface area (Å²) >= 11 is 0. The lowest BCUT2D eigenvalue weighted by Gasteiger charge is -2.16. The molecule has 0 bridgehead atoms. The number of rotatable bonds is 8. The van der Waals surface area contributed by atoms with Gasteiger partial charge in [0, 0.05) is 31.1 Å². The standard InChI is InChI=1S/C23H23F2N3O3/c1-2-3-8-30-20-6-4-16(5-7-20)22-26-23(31-27-22)17-11-21(29)28(14-17)13-15-9-18(24)12-19(25)10-15/h4-7,9-10,12,17H,2-3,8,11,13-14H2,1H3.